The molecule has 3 aromatic rings. The molecule has 7 heteroatoms. The number of benzene rings is 1. The number of likely N-dealkylation sites (N-methyl/N-ethyl adjacent to an activating group) is 1. The summed E-state index contributed by atoms with van der Waals surface area (Å²) in [4.78, 5) is 34.9. The van der Waals surface area contributed by atoms with Crippen molar-refractivity contribution in [3.05, 3.63) is 89.2 Å². The number of aromatic nitrogens is 2. The van der Waals surface area contributed by atoms with E-state index in [0.29, 0.717) is 5.70 Å². The normalized spacial score (nSPS) is 13.1. The lowest BCUT2D eigenvalue weighted by Gasteiger charge is -2.07. The van der Waals surface area contributed by atoms with Crippen LogP contribution in [0.4, 0.5) is 0 Å². The molecule has 3 N–H and O–H groups in total. The maximum absolute atomic E-state index is 12.7. The second-order valence-corrected chi connectivity index (χ2v) is 7.86. The van der Waals surface area contributed by atoms with Gasteiger partial charge in [0.15, 0.2) is 0 Å². The van der Waals surface area contributed by atoms with Gasteiger partial charge in [-0.1, -0.05) is 30.3 Å². The molecule has 2 aromatic heterocycles. The maximum atomic E-state index is 12.7. The van der Waals surface area contributed by atoms with Crippen molar-refractivity contribution < 1.29 is 0 Å². The van der Waals surface area contributed by atoms with Crippen LogP contribution in [-0.2, 0) is 6.42 Å². The van der Waals surface area contributed by atoms with Gasteiger partial charge in [-0.2, -0.15) is 0 Å². The van der Waals surface area contributed by atoms with E-state index in [4.69, 9.17) is 0 Å². The van der Waals surface area contributed by atoms with Crippen LogP contribution >= 0.6 is 11.3 Å². The number of H-pyrrole nitrogens is 2. The molecule has 146 valence electrons. The van der Waals surface area contributed by atoms with Gasteiger partial charge in [-0.15, -0.1) is 11.3 Å². The molecular weight excluding hydrogens is 372 g/mol. The zero-order valence-corrected chi connectivity index (χ0v) is 17.0. The topological polar surface area (TPSA) is 81.0 Å². The highest BCUT2D eigenvalue weighted by Gasteiger charge is 2.09. The Balaban J connectivity index is 2.07. The molecule has 0 aliphatic carbocycles. The molecule has 0 radical (unpaired) electrons. The average molecular weight is 397 g/mol. The third-order valence-electron chi connectivity index (χ3n) is 4.28. The Morgan fingerprint density at radius 2 is 1.82 bits per heavy atom. The van der Waals surface area contributed by atoms with Crippen molar-refractivity contribution in [1.29, 1.82) is 0 Å². The number of nitrogens with zero attached hydrogens (tertiary/aromatic N) is 1. The lowest BCUT2D eigenvalue weighted by atomic mass is 10.2. The van der Waals surface area contributed by atoms with Gasteiger partial charge >= 0.3 is 0 Å². The van der Waals surface area contributed by atoms with Gasteiger partial charge in [0.25, 0.3) is 11.1 Å². The van der Waals surface area contributed by atoms with Crippen LogP contribution < -0.4 is 27.1 Å². The van der Waals surface area contributed by atoms with E-state index in [-0.39, 0.29) is 21.8 Å². The Kier molecular flexibility index (Phi) is 6.28. The Labute approximate surface area is 166 Å². The minimum atomic E-state index is -0.339. The zero-order chi connectivity index (χ0) is 20.1. The molecule has 0 aliphatic rings. The quantitative estimate of drug-likeness (QED) is 0.565. The van der Waals surface area contributed by atoms with Gasteiger partial charge in [0.2, 0.25) is 0 Å². The number of hydrogen-bond donors (Lipinski definition) is 3. The van der Waals surface area contributed by atoms with Crippen molar-refractivity contribution >= 4 is 23.1 Å². The molecule has 1 aromatic carbocycles. The van der Waals surface area contributed by atoms with Gasteiger partial charge < -0.3 is 20.2 Å². The standard InChI is InChI=1S/C21H24N4O2S/c1-22-18(17-10-9-15(28-17)11-12-25(2)3)19-21(27)23-16(20(26)24-19)13-14-7-5-4-6-8-14/h4-10,13,22H,11-12H2,1-3H3,(H,23,27)(H,24,26). The first-order valence-corrected chi connectivity index (χ1v) is 9.85. The van der Waals surface area contributed by atoms with Gasteiger partial charge in [-0.3, -0.25) is 9.59 Å². The largest absolute Gasteiger partial charge is 0.385 e. The van der Waals surface area contributed by atoms with Crippen LogP contribution in [-0.4, -0.2) is 42.6 Å². The molecule has 0 saturated carbocycles. The van der Waals surface area contributed by atoms with Crippen molar-refractivity contribution in [2.75, 3.05) is 27.7 Å². The van der Waals surface area contributed by atoms with E-state index in [1.807, 2.05) is 50.5 Å². The van der Waals surface area contributed by atoms with Crippen molar-refractivity contribution in [2.45, 2.75) is 6.42 Å². The summed E-state index contributed by atoms with van der Waals surface area (Å²) in [6.07, 6.45) is 2.60. The second kappa shape index (κ2) is 8.86. The number of nitrogens with one attached hydrogen (secondary N) is 3. The van der Waals surface area contributed by atoms with Crippen LogP contribution in [0.3, 0.4) is 0 Å². The van der Waals surface area contributed by atoms with Crippen molar-refractivity contribution in [3.63, 3.8) is 0 Å². The van der Waals surface area contributed by atoms with Crippen LogP contribution in [0.2, 0.25) is 0 Å². The smallest absolute Gasteiger partial charge is 0.274 e. The minimum Gasteiger partial charge on any atom is -0.385 e. The Morgan fingerprint density at radius 3 is 2.50 bits per heavy atom. The first-order chi connectivity index (χ1) is 13.5. The van der Waals surface area contributed by atoms with Gasteiger partial charge in [0, 0.05) is 18.5 Å². The van der Waals surface area contributed by atoms with E-state index in [1.165, 1.54) is 4.88 Å². The summed E-state index contributed by atoms with van der Waals surface area (Å²) in [5.74, 6) is 0. The molecule has 0 spiro atoms. The summed E-state index contributed by atoms with van der Waals surface area (Å²) < 4.78 is 0. The van der Waals surface area contributed by atoms with Gasteiger partial charge in [-0.25, -0.2) is 0 Å². The summed E-state index contributed by atoms with van der Waals surface area (Å²) in [5, 5.41) is 3.53. The zero-order valence-electron chi connectivity index (χ0n) is 16.2. The van der Waals surface area contributed by atoms with Crippen molar-refractivity contribution in [1.82, 2.24) is 20.2 Å². The lowest BCUT2D eigenvalue weighted by molar-refractivity contribution is 0.415. The summed E-state index contributed by atoms with van der Waals surface area (Å²) in [6, 6.07) is 13.4. The molecule has 3 rings (SSSR count). The van der Waals surface area contributed by atoms with Crippen molar-refractivity contribution in [3.8, 4) is 0 Å². The molecule has 0 aliphatic heterocycles. The molecule has 0 bridgehead atoms. The van der Waals surface area contributed by atoms with Crippen LogP contribution in [0.5, 0.6) is 0 Å². The highest BCUT2D eigenvalue weighted by molar-refractivity contribution is 7.13. The number of rotatable bonds is 6. The molecule has 0 amide bonds. The predicted molar refractivity (Wildman–Crippen MR) is 115 cm³/mol. The van der Waals surface area contributed by atoms with Crippen LogP contribution in [0, 0.1) is 0 Å². The van der Waals surface area contributed by atoms with E-state index < -0.39 is 0 Å². The fourth-order valence-corrected chi connectivity index (χ4v) is 3.88. The molecule has 6 nitrogen and oxygen atoms in total. The summed E-state index contributed by atoms with van der Waals surface area (Å²) >= 11 is 1.61. The summed E-state index contributed by atoms with van der Waals surface area (Å²) in [5.41, 5.74) is 0.786. The maximum Gasteiger partial charge on any atom is 0.274 e. The lowest BCUT2D eigenvalue weighted by Crippen LogP contribution is -2.48. The first kappa shape index (κ1) is 19.9. The minimum absolute atomic E-state index is 0.230. The third kappa shape index (κ3) is 4.68. The summed E-state index contributed by atoms with van der Waals surface area (Å²) in [7, 11) is 5.83. The van der Waals surface area contributed by atoms with Gasteiger partial charge in [0.1, 0.15) is 10.7 Å². The van der Waals surface area contributed by atoms with Crippen molar-refractivity contribution in [2.24, 2.45) is 0 Å². The van der Waals surface area contributed by atoms with E-state index in [9.17, 15) is 9.59 Å². The van der Waals surface area contributed by atoms with E-state index in [1.54, 1.807) is 24.5 Å². The van der Waals surface area contributed by atoms with E-state index in [2.05, 4.69) is 26.3 Å². The molecule has 28 heavy (non-hydrogen) atoms. The molecule has 2 heterocycles. The Bertz CT molecular complexity index is 1170. The van der Waals surface area contributed by atoms with Gasteiger partial charge in [0.05, 0.1) is 10.6 Å². The van der Waals surface area contributed by atoms with Crippen LogP contribution in [0.15, 0.2) is 52.1 Å². The molecule has 0 atom stereocenters. The third-order valence-corrected chi connectivity index (χ3v) is 5.44. The summed E-state index contributed by atoms with van der Waals surface area (Å²) in [6.45, 7) is 0.955. The van der Waals surface area contributed by atoms with Crippen LogP contribution in [0.1, 0.15) is 15.3 Å². The number of thiophene rings is 1. The SMILES string of the molecule is CNC(c1ccc(CCN(C)C)s1)=c1[nH]c(=O)c(=Cc2ccccc2)[nH]c1=O. The highest BCUT2D eigenvalue weighted by Crippen LogP contribution is 2.21. The average Bonchev–Trinajstić information content (AvgIpc) is 3.14. The monoisotopic (exact) mass is 396 g/mol. The van der Waals surface area contributed by atoms with Gasteiger partial charge in [-0.05, 0) is 44.3 Å². The Morgan fingerprint density at radius 1 is 1.07 bits per heavy atom. The van der Waals surface area contributed by atoms with Crippen LogP contribution in [0.25, 0.3) is 11.8 Å². The molecule has 0 saturated heterocycles. The molecule has 0 unspecified atom stereocenters. The first-order valence-electron chi connectivity index (χ1n) is 9.03. The fourth-order valence-electron chi connectivity index (χ4n) is 2.82. The fraction of sp³-hybridized carbons (Fsp3) is 0.238. The Hall–Kier alpha value is -2.90. The number of aromatic amines is 2. The highest BCUT2D eigenvalue weighted by atomic mass is 32.1. The second-order valence-electron chi connectivity index (χ2n) is 6.70. The molecular formula is C21H24N4O2S. The number of hydrogen-bond acceptors (Lipinski definition) is 5. The predicted octanol–water partition coefficient (Wildman–Crippen LogP) is 0.434. The molecule has 0 fully saturated rings. The van der Waals surface area contributed by atoms with E-state index in [0.717, 1.165) is 23.4 Å². The van der Waals surface area contributed by atoms with E-state index >= 15 is 0 Å².